The normalized spacial score (nSPS) is 21.6. The molecule has 0 saturated carbocycles. The fourth-order valence-corrected chi connectivity index (χ4v) is 3.63. The van der Waals surface area contributed by atoms with Crippen LogP contribution in [0.1, 0.15) is 75.2 Å². The molecule has 21 heavy (non-hydrogen) atoms. The van der Waals surface area contributed by atoms with Crippen LogP contribution in [0.5, 0.6) is 0 Å². The summed E-state index contributed by atoms with van der Waals surface area (Å²) in [6.07, 6.45) is 2.35. The van der Waals surface area contributed by atoms with Crippen LogP contribution in [0.2, 0.25) is 0 Å². The second-order valence-electron chi connectivity index (χ2n) is 10.5. The maximum atomic E-state index is 3.83. The minimum atomic E-state index is 0.0923. The molecule has 0 unspecified atom stereocenters. The van der Waals surface area contributed by atoms with E-state index in [-0.39, 0.29) is 5.66 Å². The third-order valence-electron chi connectivity index (χ3n) is 3.76. The minimum absolute atomic E-state index is 0.0923. The molecule has 0 aromatic rings. The molecule has 1 aliphatic rings. The Labute approximate surface area is 133 Å². The van der Waals surface area contributed by atoms with E-state index in [1.165, 1.54) is 12.8 Å². The van der Waals surface area contributed by atoms with Crippen LogP contribution in [0.15, 0.2) is 0 Å². The molecule has 0 aliphatic carbocycles. The summed E-state index contributed by atoms with van der Waals surface area (Å²) in [6.45, 7) is 24.1. The third kappa shape index (κ3) is 6.66. The predicted octanol–water partition coefficient (Wildman–Crippen LogP) is 4.01. The van der Waals surface area contributed by atoms with E-state index in [1.54, 1.807) is 0 Å². The largest absolute Gasteiger partial charge is 0.292 e. The highest BCUT2D eigenvalue weighted by Crippen LogP contribution is 2.39. The molecular formula is C18H39N3. The van der Waals surface area contributed by atoms with Crippen molar-refractivity contribution in [2.45, 2.75) is 80.8 Å². The van der Waals surface area contributed by atoms with Gasteiger partial charge in [-0.1, -0.05) is 62.3 Å². The second kappa shape index (κ2) is 6.17. The Kier molecular flexibility index (Phi) is 5.56. The molecule has 1 heterocycles. The molecule has 0 atom stereocenters. The van der Waals surface area contributed by atoms with Crippen molar-refractivity contribution in [1.29, 1.82) is 0 Å². The van der Waals surface area contributed by atoms with Crippen molar-refractivity contribution >= 4 is 0 Å². The van der Waals surface area contributed by atoms with Crippen molar-refractivity contribution in [3.05, 3.63) is 0 Å². The maximum absolute atomic E-state index is 3.83. The summed E-state index contributed by atoms with van der Waals surface area (Å²) in [7, 11) is 0. The first kappa shape index (κ1) is 18.9. The summed E-state index contributed by atoms with van der Waals surface area (Å²) < 4.78 is 0. The third-order valence-corrected chi connectivity index (χ3v) is 3.76. The Bertz CT molecular complexity index is 312. The van der Waals surface area contributed by atoms with E-state index in [2.05, 4.69) is 77.8 Å². The molecule has 0 spiro atoms. The summed E-state index contributed by atoms with van der Waals surface area (Å²) in [4.78, 5) is 2.65. The first-order valence-corrected chi connectivity index (χ1v) is 8.43. The highest BCUT2D eigenvalue weighted by atomic mass is 15.4. The summed E-state index contributed by atoms with van der Waals surface area (Å²) in [5.74, 6) is 0. The number of nitrogens with one attached hydrogen (secondary N) is 2. The molecule has 0 aromatic heterocycles. The Morgan fingerprint density at radius 2 is 1.29 bits per heavy atom. The van der Waals surface area contributed by atoms with E-state index < -0.39 is 0 Å². The zero-order valence-corrected chi connectivity index (χ0v) is 16.0. The smallest absolute Gasteiger partial charge is 0.0742 e. The molecule has 3 heteroatoms. The van der Waals surface area contributed by atoms with Crippen LogP contribution in [-0.2, 0) is 0 Å². The van der Waals surface area contributed by atoms with E-state index in [4.69, 9.17) is 0 Å². The molecule has 126 valence electrons. The SMILES string of the molecule is CC(C)(C)CN1CNCNC1(CC(C)(C)C)CC(C)(C)C. The minimum Gasteiger partial charge on any atom is -0.292 e. The van der Waals surface area contributed by atoms with Gasteiger partial charge in [0.1, 0.15) is 0 Å². The quantitative estimate of drug-likeness (QED) is 0.824. The Balaban J connectivity index is 3.09. The van der Waals surface area contributed by atoms with Crippen molar-refractivity contribution in [2.24, 2.45) is 16.2 Å². The Hall–Kier alpha value is -0.120. The topological polar surface area (TPSA) is 27.3 Å². The zero-order chi connectivity index (χ0) is 16.5. The average Bonchev–Trinajstić information content (AvgIpc) is 2.14. The van der Waals surface area contributed by atoms with E-state index in [1.807, 2.05) is 0 Å². The fourth-order valence-electron chi connectivity index (χ4n) is 3.63. The van der Waals surface area contributed by atoms with Gasteiger partial charge in [-0.05, 0) is 29.1 Å². The van der Waals surface area contributed by atoms with Gasteiger partial charge >= 0.3 is 0 Å². The van der Waals surface area contributed by atoms with Crippen LogP contribution in [0.25, 0.3) is 0 Å². The molecule has 1 fully saturated rings. The molecule has 1 saturated heterocycles. The van der Waals surface area contributed by atoms with E-state index in [0.29, 0.717) is 16.2 Å². The van der Waals surface area contributed by atoms with Crippen molar-refractivity contribution in [3.8, 4) is 0 Å². The Morgan fingerprint density at radius 3 is 1.67 bits per heavy atom. The van der Waals surface area contributed by atoms with E-state index in [0.717, 1.165) is 19.9 Å². The maximum Gasteiger partial charge on any atom is 0.0742 e. The molecule has 1 rings (SSSR count). The monoisotopic (exact) mass is 297 g/mol. The molecule has 1 aliphatic heterocycles. The van der Waals surface area contributed by atoms with Gasteiger partial charge < -0.3 is 0 Å². The highest BCUT2D eigenvalue weighted by molar-refractivity contribution is 4.97. The lowest BCUT2D eigenvalue weighted by atomic mass is 9.74. The summed E-state index contributed by atoms with van der Waals surface area (Å²) in [5.41, 5.74) is 1.02. The summed E-state index contributed by atoms with van der Waals surface area (Å²) >= 11 is 0. The number of hydrogen-bond acceptors (Lipinski definition) is 3. The molecule has 0 radical (unpaired) electrons. The number of hydrogen-bond donors (Lipinski definition) is 2. The predicted molar refractivity (Wildman–Crippen MR) is 93.0 cm³/mol. The number of rotatable bonds is 3. The van der Waals surface area contributed by atoms with Gasteiger partial charge in [0.25, 0.3) is 0 Å². The first-order valence-electron chi connectivity index (χ1n) is 8.43. The fraction of sp³-hybridized carbons (Fsp3) is 1.00. The molecule has 3 nitrogen and oxygen atoms in total. The standard InChI is InChI=1S/C18H39N3/c1-15(2,3)10-18(11-16(4,5)6)20-13-19-14-21(18)12-17(7,8)9/h19-20H,10-14H2,1-9H3. The zero-order valence-electron chi connectivity index (χ0n) is 16.0. The average molecular weight is 298 g/mol. The number of nitrogens with zero attached hydrogens (tertiary/aromatic N) is 1. The lowest BCUT2D eigenvalue weighted by Gasteiger charge is -2.54. The van der Waals surface area contributed by atoms with E-state index >= 15 is 0 Å². The van der Waals surface area contributed by atoms with Gasteiger partial charge in [-0.15, -0.1) is 0 Å². The molecular weight excluding hydrogens is 258 g/mol. The van der Waals surface area contributed by atoms with Gasteiger partial charge in [0, 0.05) is 13.2 Å². The van der Waals surface area contributed by atoms with Crippen LogP contribution < -0.4 is 10.6 Å². The van der Waals surface area contributed by atoms with Crippen molar-refractivity contribution < 1.29 is 0 Å². The van der Waals surface area contributed by atoms with Crippen molar-refractivity contribution in [1.82, 2.24) is 15.5 Å². The van der Waals surface area contributed by atoms with Gasteiger partial charge in [0.05, 0.1) is 12.3 Å². The van der Waals surface area contributed by atoms with Gasteiger partial charge in [-0.3, -0.25) is 15.5 Å². The highest BCUT2D eigenvalue weighted by Gasteiger charge is 2.44. The molecule has 0 bridgehead atoms. The van der Waals surface area contributed by atoms with Crippen LogP contribution in [-0.4, -0.2) is 30.4 Å². The lowest BCUT2D eigenvalue weighted by Crippen LogP contribution is -2.70. The van der Waals surface area contributed by atoms with Gasteiger partial charge in [-0.25, -0.2) is 0 Å². The lowest BCUT2D eigenvalue weighted by molar-refractivity contribution is -0.0587. The Morgan fingerprint density at radius 1 is 0.810 bits per heavy atom. The van der Waals surface area contributed by atoms with E-state index in [9.17, 15) is 0 Å². The summed E-state index contributed by atoms with van der Waals surface area (Å²) in [5, 5.41) is 7.33. The second-order valence-corrected chi connectivity index (χ2v) is 10.5. The summed E-state index contributed by atoms with van der Waals surface area (Å²) in [6, 6.07) is 0. The van der Waals surface area contributed by atoms with Crippen LogP contribution in [0.3, 0.4) is 0 Å². The van der Waals surface area contributed by atoms with Gasteiger partial charge in [-0.2, -0.15) is 0 Å². The van der Waals surface area contributed by atoms with Crippen LogP contribution >= 0.6 is 0 Å². The molecule has 0 aromatic carbocycles. The van der Waals surface area contributed by atoms with Gasteiger partial charge in [0.2, 0.25) is 0 Å². The van der Waals surface area contributed by atoms with Crippen molar-refractivity contribution in [3.63, 3.8) is 0 Å². The van der Waals surface area contributed by atoms with Crippen LogP contribution in [0.4, 0.5) is 0 Å². The molecule has 2 N–H and O–H groups in total. The van der Waals surface area contributed by atoms with Crippen LogP contribution in [0, 0.1) is 16.2 Å². The molecule has 0 amide bonds. The van der Waals surface area contributed by atoms with Crippen molar-refractivity contribution in [2.75, 3.05) is 19.9 Å². The van der Waals surface area contributed by atoms with Gasteiger partial charge in [0.15, 0.2) is 0 Å². The first-order chi connectivity index (χ1) is 9.23.